The van der Waals surface area contributed by atoms with E-state index in [1.165, 1.54) is 0 Å². The highest BCUT2D eigenvalue weighted by molar-refractivity contribution is 6.05. The van der Waals surface area contributed by atoms with Gasteiger partial charge in [-0.3, -0.25) is 20.2 Å². The van der Waals surface area contributed by atoms with E-state index in [0.717, 1.165) is 0 Å². The number of carbonyl (C=O) groups excluding carboxylic acids is 2. The van der Waals surface area contributed by atoms with Crippen LogP contribution in [0.25, 0.3) is 0 Å². The molecule has 0 aromatic carbocycles. The summed E-state index contributed by atoms with van der Waals surface area (Å²) >= 11 is 0. The molecule has 72 valence electrons. The zero-order chi connectivity index (χ0) is 10.2. The van der Waals surface area contributed by atoms with Crippen molar-refractivity contribution < 1.29 is 9.59 Å². The van der Waals surface area contributed by atoms with Gasteiger partial charge in [-0.15, -0.1) is 0 Å². The molecule has 1 unspecified atom stereocenters. The van der Waals surface area contributed by atoms with Gasteiger partial charge in [0.15, 0.2) is 0 Å². The maximum Gasteiger partial charge on any atom is 0.248 e. The average Bonchev–Trinajstić information content (AvgIpc) is 1.97. The second-order valence-electron chi connectivity index (χ2n) is 3.87. The van der Waals surface area contributed by atoms with Crippen molar-refractivity contribution in [2.75, 3.05) is 0 Å². The van der Waals surface area contributed by atoms with E-state index in [-0.39, 0.29) is 11.8 Å². The lowest BCUT2D eigenvalue weighted by Gasteiger charge is -2.35. The third-order valence-corrected chi connectivity index (χ3v) is 2.06. The fraction of sp³-hybridized carbons (Fsp3) is 0.556. The molecule has 4 heteroatoms. The molecule has 0 aromatic heterocycles. The summed E-state index contributed by atoms with van der Waals surface area (Å²) in [6, 6.07) is -0.465. The van der Waals surface area contributed by atoms with Gasteiger partial charge >= 0.3 is 0 Å². The van der Waals surface area contributed by atoms with E-state index in [1.807, 2.05) is 0 Å². The smallest absolute Gasteiger partial charge is 0.248 e. The minimum atomic E-state index is -0.711. The van der Waals surface area contributed by atoms with Gasteiger partial charge in [-0.1, -0.05) is 12.2 Å². The number of carbonyl (C=O) groups is 2. The van der Waals surface area contributed by atoms with Crippen molar-refractivity contribution in [2.45, 2.75) is 32.4 Å². The lowest BCUT2D eigenvalue weighted by Crippen LogP contribution is -2.67. The van der Waals surface area contributed by atoms with Crippen molar-refractivity contribution in [3.63, 3.8) is 0 Å². The highest BCUT2D eigenvalue weighted by Gasteiger charge is 2.39. The summed E-state index contributed by atoms with van der Waals surface area (Å²) in [5.74, 6) is -0.619. The van der Waals surface area contributed by atoms with E-state index in [4.69, 9.17) is 0 Å². The number of hydrogen-bond donors (Lipinski definition) is 2. The number of piperazine rings is 1. The van der Waals surface area contributed by atoms with Crippen LogP contribution in [0.1, 0.15) is 20.8 Å². The molecule has 13 heavy (non-hydrogen) atoms. The standard InChI is InChI=1S/C9H14N2O2/c1-5(2)6-7(12)10-8(13)9(3,4)11-6/h6,11H,1H2,2-4H3,(H,10,12,13). The van der Waals surface area contributed by atoms with E-state index in [1.54, 1.807) is 20.8 Å². The van der Waals surface area contributed by atoms with Crippen molar-refractivity contribution in [2.24, 2.45) is 0 Å². The Labute approximate surface area is 77.4 Å². The molecule has 1 heterocycles. The van der Waals surface area contributed by atoms with Gasteiger partial charge in [-0.05, 0) is 20.8 Å². The van der Waals surface area contributed by atoms with E-state index >= 15 is 0 Å². The van der Waals surface area contributed by atoms with Crippen LogP contribution in [0, 0.1) is 0 Å². The third-order valence-electron chi connectivity index (χ3n) is 2.06. The Bertz CT molecular complexity index is 281. The first-order valence-electron chi connectivity index (χ1n) is 4.13. The molecule has 1 aliphatic rings. The fourth-order valence-corrected chi connectivity index (χ4v) is 1.18. The van der Waals surface area contributed by atoms with Gasteiger partial charge in [0.05, 0.1) is 5.54 Å². The molecule has 2 amide bonds. The van der Waals surface area contributed by atoms with Crippen LogP contribution < -0.4 is 10.6 Å². The zero-order valence-corrected chi connectivity index (χ0v) is 8.10. The molecule has 4 nitrogen and oxygen atoms in total. The summed E-state index contributed by atoms with van der Waals surface area (Å²) in [6.07, 6.45) is 0. The highest BCUT2D eigenvalue weighted by Crippen LogP contribution is 2.12. The molecule has 0 aromatic rings. The zero-order valence-electron chi connectivity index (χ0n) is 8.10. The molecule has 0 radical (unpaired) electrons. The van der Waals surface area contributed by atoms with E-state index < -0.39 is 11.6 Å². The van der Waals surface area contributed by atoms with Crippen LogP contribution in [0.5, 0.6) is 0 Å². The lowest BCUT2D eigenvalue weighted by atomic mass is 9.96. The van der Waals surface area contributed by atoms with Crippen LogP contribution in [0.4, 0.5) is 0 Å². The lowest BCUT2D eigenvalue weighted by molar-refractivity contribution is -0.138. The van der Waals surface area contributed by atoms with Crippen LogP contribution in [0.15, 0.2) is 12.2 Å². The molecule has 1 aliphatic heterocycles. The first-order chi connectivity index (χ1) is 5.84. The topological polar surface area (TPSA) is 58.2 Å². The van der Waals surface area contributed by atoms with Crippen molar-refractivity contribution in [3.05, 3.63) is 12.2 Å². The van der Waals surface area contributed by atoms with Gasteiger partial charge in [0.2, 0.25) is 11.8 Å². The van der Waals surface area contributed by atoms with E-state index in [2.05, 4.69) is 17.2 Å². The molecule has 1 fully saturated rings. The van der Waals surface area contributed by atoms with Crippen molar-refractivity contribution in [1.29, 1.82) is 0 Å². The van der Waals surface area contributed by atoms with Crippen LogP contribution in [0.3, 0.4) is 0 Å². The summed E-state index contributed by atoms with van der Waals surface area (Å²) in [4.78, 5) is 22.5. The number of nitrogens with one attached hydrogen (secondary N) is 2. The van der Waals surface area contributed by atoms with Gasteiger partial charge < -0.3 is 0 Å². The highest BCUT2D eigenvalue weighted by atomic mass is 16.2. The van der Waals surface area contributed by atoms with Crippen LogP contribution >= 0.6 is 0 Å². The monoisotopic (exact) mass is 182 g/mol. The van der Waals surface area contributed by atoms with Crippen LogP contribution in [-0.2, 0) is 9.59 Å². The van der Waals surface area contributed by atoms with Gasteiger partial charge in [0.1, 0.15) is 6.04 Å². The molecule has 0 aliphatic carbocycles. The Kier molecular flexibility index (Phi) is 2.26. The molecule has 1 rings (SSSR count). The molecule has 0 saturated carbocycles. The Morgan fingerprint density at radius 2 is 2.00 bits per heavy atom. The Morgan fingerprint density at radius 1 is 1.46 bits per heavy atom. The van der Waals surface area contributed by atoms with Crippen molar-refractivity contribution >= 4 is 11.8 Å². The Hall–Kier alpha value is -1.16. The first kappa shape index (κ1) is 9.92. The second kappa shape index (κ2) is 2.96. The average molecular weight is 182 g/mol. The maximum atomic E-state index is 11.3. The summed E-state index contributed by atoms with van der Waals surface area (Å²) in [7, 11) is 0. The molecule has 1 atom stereocenters. The number of imide groups is 1. The Morgan fingerprint density at radius 3 is 2.46 bits per heavy atom. The minimum absolute atomic E-state index is 0.296. The summed E-state index contributed by atoms with van der Waals surface area (Å²) in [5, 5.41) is 5.23. The Balaban J connectivity index is 2.88. The maximum absolute atomic E-state index is 11.3. The predicted octanol–water partition coefficient (Wildman–Crippen LogP) is -0.0443. The molecular formula is C9H14N2O2. The van der Waals surface area contributed by atoms with Crippen molar-refractivity contribution in [3.8, 4) is 0 Å². The number of amides is 2. The van der Waals surface area contributed by atoms with E-state index in [9.17, 15) is 9.59 Å². The molecule has 0 bridgehead atoms. The van der Waals surface area contributed by atoms with Crippen LogP contribution in [-0.4, -0.2) is 23.4 Å². The molecule has 0 spiro atoms. The third kappa shape index (κ3) is 1.78. The first-order valence-corrected chi connectivity index (χ1v) is 4.13. The molecular weight excluding hydrogens is 168 g/mol. The normalized spacial score (nSPS) is 26.8. The summed E-state index contributed by atoms with van der Waals surface area (Å²) < 4.78 is 0. The second-order valence-corrected chi connectivity index (χ2v) is 3.87. The van der Waals surface area contributed by atoms with Gasteiger partial charge in [-0.2, -0.15) is 0 Å². The predicted molar refractivity (Wildman–Crippen MR) is 49.0 cm³/mol. The number of rotatable bonds is 1. The van der Waals surface area contributed by atoms with Crippen molar-refractivity contribution in [1.82, 2.24) is 10.6 Å². The fourth-order valence-electron chi connectivity index (χ4n) is 1.18. The van der Waals surface area contributed by atoms with E-state index in [0.29, 0.717) is 5.57 Å². The summed E-state index contributed by atoms with van der Waals surface area (Å²) in [5.41, 5.74) is -0.00424. The van der Waals surface area contributed by atoms with Crippen LogP contribution in [0.2, 0.25) is 0 Å². The van der Waals surface area contributed by atoms with Gasteiger partial charge in [0, 0.05) is 0 Å². The molecule has 1 saturated heterocycles. The summed E-state index contributed by atoms with van der Waals surface area (Å²) in [6.45, 7) is 8.89. The van der Waals surface area contributed by atoms with Gasteiger partial charge in [0.25, 0.3) is 0 Å². The SMILES string of the molecule is C=C(C)C1NC(C)(C)C(=O)NC1=O. The quantitative estimate of drug-likeness (QED) is 0.442. The number of hydrogen-bond acceptors (Lipinski definition) is 3. The minimum Gasteiger partial charge on any atom is -0.293 e. The van der Waals surface area contributed by atoms with Gasteiger partial charge in [-0.25, -0.2) is 0 Å². The largest absolute Gasteiger partial charge is 0.293 e. The molecule has 2 N–H and O–H groups in total.